The van der Waals surface area contributed by atoms with E-state index in [0.29, 0.717) is 4.73 Å². The molecule has 0 bridgehead atoms. The fourth-order valence-corrected chi connectivity index (χ4v) is 1.55. The van der Waals surface area contributed by atoms with Crippen LogP contribution < -0.4 is 10.7 Å². The second-order valence-electron chi connectivity index (χ2n) is 3.92. The number of hydrogen-bond acceptors (Lipinski definition) is 4. The largest absolute Gasteiger partial charge is 0.503 e. The van der Waals surface area contributed by atoms with Gasteiger partial charge in [0.15, 0.2) is 5.75 Å². The van der Waals surface area contributed by atoms with E-state index >= 15 is 0 Å². The highest BCUT2D eigenvalue weighted by atomic mass is 16.5. The molecule has 6 heteroatoms. The summed E-state index contributed by atoms with van der Waals surface area (Å²) in [7, 11) is 0. The Labute approximate surface area is 108 Å². The van der Waals surface area contributed by atoms with Crippen molar-refractivity contribution in [3.05, 3.63) is 64.1 Å². The van der Waals surface area contributed by atoms with Crippen molar-refractivity contribution in [1.82, 2.24) is 10.0 Å². The van der Waals surface area contributed by atoms with Gasteiger partial charge < -0.3 is 15.6 Å². The average molecular weight is 260 g/mol. The molecule has 1 amide bonds. The summed E-state index contributed by atoms with van der Waals surface area (Å²) < 4.78 is 0.414. The smallest absolute Gasteiger partial charge is 0.271 e. The molecule has 0 spiro atoms. The van der Waals surface area contributed by atoms with Crippen LogP contribution in [0.15, 0.2) is 47.4 Å². The van der Waals surface area contributed by atoms with Crippen LogP contribution in [0.2, 0.25) is 0 Å². The maximum Gasteiger partial charge on any atom is 0.271 e. The van der Waals surface area contributed by atoms with Gasteiger partial charge in [0.05, 0.1) is 6.20 Å². The molecule has 0 saturated carbocycles. The van der Waals surface area contributed by atoms with E-state index in [1.807, 2.05) is 30.3 Å². The Kier molecular flexibility index (Phi) is 3.51. The second kappa shape index (κ2) is 5.26. The van der Waals surface area contributed by atoms with Gasteiger partial charge in [0.1, 0.15) is 5.69 Å². The summed E-state index contributed by atoms with van der Waals surface area (Å²) in [5.41, 5.74) is -0.0737. The number of amides is 1. The van der Waals surface area contributed by atoms with Crippen LogP contribution in [0.1, 0.15) is 16.1 Å². The lowest BCUT2D eigenvalue weighted by molar-refractivity contribution is 0.0894. The van der Waals surface area contributed by atoms with Gasteiger partial charge in [-0.05, 0) is 5.56 Å². The van der Waals surface area contributed by atoms with Crippen LogP contribution in [-0.4, -0.2) is 21.0 Å². The summed E-state index contributed by atoms with van der Waals surface area (Å²) in [5, 5.41) is 21.1. The molecule has 6 nitrogen and oxygen atoms in total. The van der Waals surface area contributed by atoms with Crippen molar-refractivity contribution in [3.8, 4) is 5.75 Å². The minimum absolute atomic E-state index is 0.237. The van der Waals surface area contributed by atoms with Gasteiger partial charge in [-0.2, -0.15) is 4.73 Å². The first-order chi connectivity index (χ1) is 9.08. The van der Waals surface area contributed by atoms with Crippen molar-refractivity contribution in [1.29, 1.82) is 0 Å². The van der Waals surface area contributed by atoms with E-state index in [1.54, 1.807) is 0 Å². The highest BCUT2D eigenvalue weighted by Crippen LogP contribution is 2.03. The number of benzene rings is 1. The number of nitrogens with zero attached hydrogens (tertiary/aromatic N) is 1. The van der Waals surface area contributed by atoms with Crippen molar-refractivity contribution in [3.63, 3.8) is 0 Å². The van der Waals surface area contributed by atoms with Crippen LogP contribution in [0, 0.1) is 0 Å². The third-order valence-corrected chi connectivity index (χ3v) is 2.54. The zero-order valence-electron chi connectivity index (χ0n) is 9.91. The first-order valence-corrected chi connectivity index (χ1v) is 5.55. The SMILES string of the molecule is O=C(NCc1ccccc1)c1cc(=O)c(O)cn1O. The van der Waals surface area contributed by atoms with Crippen LogP contribution in [0.3, 0.4) is 0 Å². The Morgan fingerprint density at radius 2 is 1.95 bits per heavy atom. The summed E-state index contributed by atoms with van der Waals surface area (Å²) >= 11 is 0. The molecule has 1 heterocycles. The fraction of sp³-hybridized carbons (Fsp3) is 0.0769. The molecular formula is C13H12N2O4. The van der Waals surface area contributed by atoms with E-state index in [0.717, 1.165) is 17.8 Å². The normalized spacial score (nSPS) is 10.1. The van der Waals surface area contributed by atoms with Gasteiger partial charge in [0.25, 0.3) is 5.91 Å². The van der Waals surface area contributed by atoms with Crippen LogP contribution in [-0.2, 0) is 6.54 Å². The molecule has 2 rings (SSSR count). The molecule has 1 aromatic carbocycles. The van der Waals surface area contributed by atoms with Gasteiger partial charge in [0, 0.05) is 12.6 Å². The molecule has 0 aliphatic carbocycles. The number of carbonyl (C=O) groups is 1. The van der Waals surface area contributed by atoms with Gasteiger partial charge >= 0.3 is 0 Å². The number of aromatic nitrogens is 1. The number of carbonyl (C=O) groups excluding carboxylic acids is 1. The van der Waals surface area contributed by atoms with E-state index in [4.69, 9.17) is 5.11 Å². The Hall–Kier alpha value is -2.76. The first-order valence-electron chi connectivity index (χ1n) is 5.55. The number of rotatable bonds is 3. The summed E-state index contributed by atoms with van der Waals surface area (Å²) in [6.07, 6.45) is 0.778. The number of hydrogen-bond donors (Lipinski definition) is 3. The van der Waals surface area contributed by atoms with E-state index < -0.39 is 17.1 Å². The first kappa shape index (κ1) is 12.7. The summed E-state index contributed by atoms with van der Waals surface area (Å²) in [6.45, 7) is 0.273. The molecule has 98 valence electrons. The van der Waals surface area contributed by atoms with Crippen LogP contribution in [0.5, 0.6) is 5.75 Å². The average Bonchev–Trinajstić information content (AvgIpc) is 2.41. The lowest BCUT2D eigenvalue weighted by atomic mass is 10.2. The number of nitrogens with one attached hydrogen (secondary N) is 1. The van der Waals surface area contributed by atoms with E-state index in [-0.39, 0.29) is 12.2 Å². The maximum absolute atomic E-state index is 11.8. The quantitative estimate of drug-likeness (QED) is 0.709. The summed E-state index contributed by atoms with van der Waals surface area (Å²) in [5.74, 6) is -1.23. The molecule has 0 aliphatic heterocycles. The topological polar surface area (TPSA) is 91.6 Å². The highest BCUT2D eigenvalue weighted by Gasteiger charge is 2.12. The molecule has 2 aromatic rings. The van der Waals surface area contributed by atoms with Gasteiger partial charge in [-0.15, -0.1) is 0 Å². The summed E-state index contributed by atoms with van der Waals surface area (Å²) in [4.78, 5) is 23.0. The molecule has 0 aliphatic rings. The van der Waals surface area contributed by atoms with Gasteiger partial charge in [-0.1, -0.05) is 30.3 Å². The molecular weight excluding hydrogens is 248 g/mol. The van der Waals surface area contributed by atoms with Crippen molar-refractivity contribution in [2.24, 2.45) is 0 Å². The van der Waals surface area contributed by atoms with Crippen LogP contribution in [0.25, 0.3) is 0 Å². The van der Waals surface area contributed by atoms with Crippen molar-refractivity contribution >= 4 is 5.91 Å². The van der Waals surface area contributed by atoms with Crippen LogP contribution in [0.4, 0.5) is 0 Å². The predicted molar refractivity (Wildman–Crippen MR) is 67.2 cm³/mol. The zero-order chi connectivity index (χ0) is 13.8. The predicted octanol–water partition coefficient (Wildman–Crippen LogP) is 0.721. The van der Waals surface area contributed by atoms with E-state index in [1.165, 1.54) is 0 Å². The Bertz CT molecular complexity index is 649. The van der Waals surface area contributed by atoms with Crippen molar-refractivity contribution < 1.29 is 15.1 Å². The van der Waals surface area contributed by atoms with Gasteiger partial charge in [-0.3, -0.25) is 9.59 Å². The minimum Gasteiger partial charge on any atom is -0.503 e. The number of aromatic hydroxyl groups is 1. The Balaban J connectivity index is 2.13. The molecule has 0 fully saturated rings. The molecule has 0 radical (unpaired) electrons. The van der Waals surface area contributed by atoms with E-state index in [2.05, 4.69) is 5.32 Å². The second-order valence-corrected chi connectivity index (χ2v) is 3.92. The molecule has 0 atom stereocenters. The minimum atomic E-state index is -0.727. The standard InChI is InChI=1S/C13H12N2O4/c16-11-6-10(15(19)8-12(11)17)13(18)14-7-9-4-2-1-3-5-9/h1-6,8,17,19H,7H2,(H,14,18). The lowest BCUT2D eigenvalue weighted by Gasteiger charge is -2.08. The molecule has 0 saturated heterocycles. The zero-order valence-corrected chi connectivity index (χ0v) is 9.91. The lowest BCUT2D eigenvalue weighted by Crippen LogP contribution is -2.27. The number of pyridine rings is 1. The third-order valence-electron chi connectivity index (χ3n) is 2.54. The van der Waals surface area contributed by atoms with E-state index in [9.17, 15) is 14.8 Å². The van der Waals surface area contributed by atoms with Gasteiger partial charge in [0.2, 0.25) is 5.43 Å². The maximum atomic E-state index is 11.8. The molecule has 0 unspecified atom stereocenters. The fourth-order valence-electron chi connectivity index (χ4n) is 1.55. The van der Waals surface area contributed by atoms with Gasteiger partial charge in [-0.25, -0.2) is 0 Å². The highest BCUT2D eigenvalue weighted by molar-refractivity contribution is 5.92. The van der Waals surface area contributed by atoms with Crippen LogP contribution >= 0.6 is 0 Å². The monoisotopic (exact) mass is 260 g/mol. The third kappa shape index (κ3) is 2.92. The molecule has 19 heavy (non-hydrogen) atoms. The van der Waals surface area contributed by atoms with Crippen molar-refractivity contribution in [2.45, 2.75) is 6.54 Å². The Morgan fingerprint density at radius 3 is 2.63 bits per heavy atom. The molecule has 3 N–H and O–H groups in total. The Morgan fingerprint density at radius 1 is 1.26 bits per heavy atom. The summed E-state index contributed by atoms with van der Waals surface area (Å²) in [6, 6.07) is 10.1. The van der Waals surface area contributed by atoms with Crippen molar-refractivity contribution in [2.75, 3.05) is 0 Å². The molecule has 1 aromatic heterocycles.